The molecule has 0 saturated carbocycles. The average molecular weight is 250 g/mol. The summed E-state index contributed by atoms with van der Waals surface area (Å²) in [5.41, 5.74) is 0. The van der Waals surface area contributed by atoms with Gasteiger partial charge in [-0.15, -0.1) is 0 Å². The Bertz CT molecular complexity index is 322. The minimum atomic E-state index is -3.06. The number of morpholine rings is 1. The van der Waals surface area contributed by atoms with E-state index in [9.17, 15) is 13.2 Å². The highest BCUT2D eigenvalue weighted by Crippen LogP contribution is 1.93. The maximum absolute atomic E-state index is 11.3. The van der Waals surface area contributed by atoms with Crippen molar-refractivity contribution < 1.29 is 17.9 Å². The molecule has 1 heterocycles. The Morgan fingerprint density at radius 2 is 2.31 bits per heavy atom. The van der Waals surface area contributed by atoms with Crippen LogP contribution in [0, 0.1) is 0 Å². The van der Waals surface area contributed by atoms with Crippen LogP contribution in [0.4, 0.5) is 0 Å². The van der Waals surface area contributed by atoms with Crippen LogP contribution in [0.5, 0.6) is 0 Å². The van der Waals surface area contributed by atoms with Gasteiger partial charge in [0.25, 0.3) is 0 Å². The standard InChI is InChI=1S/C9H18N2O4S/c1-16(13,14)5-2-9(12)11-6-8-7-15-4-3-10-8/h8,10H,2-7H2,1H3,(H,11,12). The first kappa shape index (κ1) is 13.4. The van der Waals surface area contributed by atoms with Crippen LogP contribution in [0.25, 0.3) is 0 Å². The van der Waals surface area contributed by atoms with Gasteiger partial charge in [-0.25, -0.2) is 8.42 Å². The van der Waals surface area contributed by atoms with Crippen molar-refractivity contribution in [1.82, 2.24) is 10.6 Å². The molecule has 1 atom stereocenters. The molecule has 0 aromatic rings. The second-order valence-corrected chi connectivity index (χ2v) is 6.17. The number of rotatable bonds is 5. The predicted molar refractivity (Wildman–Crippen MR) is 59.9 cm³/mol. The van der Waals surface area contributed by atoms with Crippen molar-refractivity contribution in [2.75, 3.05) is 38.3 Å². The summed E-state index contributed by atoms with van der Waals surface area (Å²) < 4.78 is 26.9. The number of hydrogen-bond donors (Lipinski definition) is 2. The monoisotopic (exact) mass is 250 g/mol. The van der Waals surface area contributed by atoms with Crippen molar-refractivity contribution in [2.24, 2.45) is 0 Å². The molecule has 1 aliphatic rings. The molecule has 1 amide bonds. The van der Waals surface area contributed by atoms with Gasteiger partial charge in [-0.05, 0) is 0 Å². The minimum absolute atomic E-state index is 0.0202. The molecule has 0 bridgehead atoms. The molecule has 2 N–H and O–H groups in total. The normalized spacial score (nSPS) is 21.7. The van der Waals surface area contributed by atoms with Gasteiger partial charge in [-0.2, -0.15) is 0 Å². The number of ether oxygens (including phenoxy) is 1. The van der Waals surface area contributed by atoms with Gasteiger partial charge in [0.05, 0.1) is 19.0 Å². The Kier molecular flexibility index (Phi) is 5.17. The van der Waals surface area contributed by atoms with Crippen LogP contribution >= 0.6 is 0 Å². The molecule has 1 fully saturated rings. The maximum Gasteiger partial charge on any atom is 0.221 e. The summed E-state index contributed by atoms with van der Waals surface area (Å²) in [6, 6.07) is 0.121. The van der Waals surface area contributed by atoms with Crippen LogP contribution in [0.15, 0.2) is 0 Å². The van der Waals surface area contributed by atoms with Gasteiger partial charge in [-0.1, -0.05) is 0 Å². The zero-order valence-corrected chi connectivity index (χ0v) is 10.2. The Balaban J connectivity index is 2.14. The number of sulfone groups is 1. The number of amides is 1. The lowest BCUT2D eigenvalue weighted by Crippen LogP contribution is -2.48. The topological polar surface area (TPSA) is 84.5 Å². The Morgan fingerprint density at radius 1 is 1.56 bits per heavy atom. The van der Waals surface area contributed by atoms with E-state index in [2.05, 4.69) is 10.6 Å². The fourth-order valence-electron chi connectivity index (χ4n) is 1.35. The number of carbonyl (C=O) groups is 1. The third kappa shape index (κ3) is 6.04. The van der Waals surface area contributed by atoms with Gasteiger partial charge in [0.1, 0.15) is 9.84 Å². The van der Waals surface area contributed by atoms with E-state index in [1.807, 2.05) is 0 Å². The van der Waals surface area contributed by atoms with Crippen molar-refractivity contribution in [2.45, 2.75) is 12.5 Å². The van der Waals surface area contributed by atoms with E-state index in [0.717, 1.165) is 12.8 Å². The third-order valence-corrected chi connectivity index (χ3v) is 3.19. The number of hydrogen-bond acceptors (Lipinski definition) is 5. The quantitative estimate of drug-likeness (QED) is 0.622. The Morgan fingerprint density at radius 3 is 2.88 bits per heavy atom. The molecule has 7 heteroatoms. The summed E-state index contributed by atoms with van der Waals surface area (Å²) in [6.07, 6.45) is 1.14. The molecule has 16 heavy (non-hydrogen) atoms. The van der Waals surface area contributed by atoms with Crippen molar-refractivity contribution >= 4 is 15.7 Å². The average Bonchev–Trinajstić information content (AvgIpc) is 2.24. The van der Waals surface area contributed by atoms with Crippen LogP contribution < -0.4 is 10.6 Å². The summed E-state index contributed by atoms with van der Waals surface area (Å²) in [5.74, 6) is -0.342. The van der Waals surface area contributed by atoms with Crippen molar-refractivity contribution in [3.63, 3.8) is 0 Å². The summed E-state index contributed by atoms with van der Waals surface area (Å²) >= 11 is 0. The van der Waals surface area contributed by atoms with Crippen molar-refractivity contribution in [1.29, 1.82) is 0 Å². The molecule has 1 saturated heterocycles. The first-order chi connectivity index (χ1) is 7.47. The molecule has 1 unspecified atom stereocenters. The van der Waals surface area contributed by atoms with E-state index in [1.165, 1.54) is 0 Å². The lowest BCUT2D eigenvalue weighted by atomic mass is 10.2. The molecular formula is C9H18N2O4S. The molecule has 94 valence electrons. The second-order valence-electron chi connectivity index (χ2n) is 3.91. The fraction of sp³-hybridized carbons (Fsp3) is 0.889. The lowest BCUT2D eigenvalue weighted by Gasteiger charge is -2.23. The molecule has 0 aliphatic carbocycles. The summed E-state index contributed by atoms with van der Waals surface area (Å²) in [4.78, 5) is 11.3. The molecule has 0 aromatic heterocycles. The van der Waals surface area contributed by atoms with Gasteiger partial charge in [-0.3, -0.25) is 4.79 Å². The first-order valence-electron chi connectivity index (χ1n) is 5.23. The third-order valence-electron chi connectivity index (χ3n) is 2.24. The smallest absolute Gasteiger partial charge is 0.221 e. The van der Waals surface area contributed by atoms with E-state index < -0.39 is 9.84 Å². The largest absolute Gasteiger partial charge is 0.378 e. The molecule has 1 rings (SSSR count). The summed E-state index contributed by atoms with van der Waals surface area (Å²) in [5, 5.41) is 5.87. The van der Waals surface area contributed by atoms with Crippen LogP contribution in [0.3, 0.4) is 0 Å². The summed E-state index contributed by atoms with van der Waals surface area (Å²) in [7, 11) is -3.06. The maximum atomic E-state index is 11.3. The van der Waals surface area contributed by atoms with Crippen LogP contribution in [-0.4, -0.2) is 58.7 Å². The van der Waals surface area contributed by atoms with Crippen molar-refractivity contribution in [3.8, 4) is 0 Å². The van der Waals surface area contributed by atoms with E-state index in [-0.39, 0.29) is 24.1 Å². The molecule has 0 aromatic carbocycles. The fourth-order valence-corrected chi connectivity index (χ4v) is 1.91. The van der Waals surface area contributed by atoms with Gasteiger partial charge >= 0.3 is 0 Å². The first-order valence-corrected chi connectivity index (χ1v) is 7.29. The Hall–Kier alpha value is -0.660. The van der Waals surface area contributed by atoms with Gasteiger partial charge in [0, 0.05) is 31.8 Å². The SMILES string of the molecule is CS(=O)(=O)CCC(=O)NCC1COCCN1. The molecule has 6 nitrogen and oxygen atoms in total. The molecule has 1 aliphatic heterocycles. The highest BCUT2D eigenvalue weighted by molar-refractivity contribution is 7.90. The van der Waals surface area contributed by atoms with Crippen LogP contribution in [0.2, 0.25) is 0 Å². The van der Waals surface area contributed by atoms with E-state index >= 15 is 0 Å². The zero-order chi connectivity index (χ0) is 12.0. The molecule has 0 spiro atoms. The van der Waals surface area contributed by atoms with E-state index in [1.54, 1.807) is 0 Å². The van der Waals surface area contributed by atoms with E-state index in [4.69, 9.17) is 4.74 Å². The van der Waals surface area contributed by atoms with Crippen molar-refractivity contribution in [3.05, 3.63) is 0 Å². The highest BCUT2D eigenvalue weighted by atomic mass is 32.2. The van der Waals surface area contributed by atoms with Crippen LogP contribution in [0.1, 0.15) is 6.42 Å². The molecular weight excluding hydrogens is 232 g/mol. The minimum Gasteiger partial charge on any atom is -0.378 e. The summed E-state index contributed by atoms with van der Waals surface area (Å²) in [6.45, 7) is 2.53. The number of nitrogens with one attached hydrogen (secondary N) is 2. The molecule has 0 radical (unpaired) electrons. The lowest BCUT2D eigenvalue weighted by molar-refractivity contribution is -0.120. The van der Waals surface area contributed by atoms with E-state index in [0.29, 0.717) is 19.8 Å². The van der Waals surface area contributed by atoms with Gasteiger partial charge < -0.3 is 15.4 Å². The Labute approximate surface area is 95.7 Å². The number of carbonyl (C=O) groups excluding carboxylic acids is 1. The van der Waals surface area contributed by atoms with Crippen LogP contribution in [-0.2, 0) is 19.4 Å². The van der Waals surface area contributed by atoms with Gasteiger partial charge in [0.2, 0.25) is 5.91 Å². The van der Waals surface area contributed by atoms with Gasteiger partial charge in [0.15, 0.2) is 0 Å². The highest BCUT2D eigenvalue weighted by Gasteiger charge is 2.14. The second kappa shape index (κ2) is 6.17. The zero-order valence-electron chi connectivity index (χ0n) is 9.36. The predicted octanol–water partition coefficient (Wildman–Crippen LogP) is -1.47.